The third kappa shape index (κ3) is 6.96. The van der Waals surface area contributed by atoms with Crippen molar-refractivity contribution in [3.63, 3.8) is 0 Å². The number of hydrogen-bond acceptors (Lipinski definition) is 3. The summed E-state index contributed by atoms with van der Waals surface area (Å²) in [7, 11) is -3.27. The van der Waals surface area contributed by atoms with E-state index < -0.39 is 10.0 Å². The van der Waals surface area contributed by atoms with E-state index in [2.05, 4.69) is 0 Å². The maximum atomic E-state index is 12.2. The Labute approximate surface area is 111 Å². The van der Waals surface area contributed by atoms with E-state index >= 15 is 0 Å². The van der Waals surface area contributed by atoms with Crippen molar-refractivity contribution in [3.8, 4) is 0 Å². The summed E-state index contributed by atoms with van der Waals surface area (Å²) in [6, 6.07) is -0.102. The van der Waals surface area contributed by atoms with Crippen LogP contribution in [-0.2, 0) is 10.0 Å². The first kappa shape index (κ1) is 17.4. The standard InChI is InChI=1S/C12H27N3O2S/c1-10(2)15(8-6-11(13)14)18(16,17)9-7-12(3,4)5/h10H,6-9H2,1-5H3,(H3,13,14). The summed E-state index contributed by atoms with van der Waals surface area (Å²) >= 11 is 0. The van der Waals surface area contributed by atoms with Gasteiger partial charge in [-0.05, 0) is 25.7 Å². The summed E-state index contributed by atoms with van der Waals surface area (Å²) in [4.78, 5) is 0. The topological polar surface area (TPSA) is 87.2 Å². The van der Waals surface area contributed by atoms with Crippen molar-refractivity contribution in [2.75, 3.05) is 12.3 Å². The molecule has 0 heterocycles. The molecule has 0 aromatic rings. The van der Waals surface area contributed by atoms with Gasteiger partial charge < -0.3 is 5.73 Å². The van der Waals surface area contributed by atoms with Crippen LogP contribution in [0.5, 0.6) is 0 Å². The normalized spacial score (nSPS) is 13.3. The molecule has 0 aromatic heterocycles. The van der Waals surface area contributed by atoms with E-state index in [1.54, 1.807) is 0 Å². The minimum Gasteiger partial charge on any atom is -0.388 e. The van der Waals surface area contributed by atoms with Crippen molar-refractivity contribution in [1.29, 1.82) is 5.41 Å². The lowest BCUT2D eigenvalue weighted by Crippen LogP contribution is -2.40. The highest BCUT2D eigenvalue weighted by Crippen LogP contribution is 2.21. The molecule has 0 aliphatic carbocycles. The number of nitrogens with zero attached hydrogens (tertiary/aromatic N) is 1. The van der Waals surface area contributed by atoms with Crippen LogP contribution in [0.2, 0.25) is 0 Å². The van der Waals surface area contributed by atoms with Gasteiger partial charge in [0.1, 0.15) is 0 Å². The summed E-state index contributed by atoms with van der Waals surface area (Å²) in [5, 5.41) is 7.19. The lowest BCUT2D eigenvalue weighted by molar-refractivity contribution is 0.349. The van der Waals surface area contributed by atoms with Crippen LogP contribution < -0.4 is 5.73 Å². The fourth-order valence-electron chi connectivity index (χ4n) is 1.50. The minimum atomic E-state index is -3.27. The van der Waals surface area contributed by atoms with Crippen LogP contribution in [-0.4, -0.2) is 36.9 Å². The zero-order chi connectivity index (χ0) is 14.6. The van der Waals surface area contributed by atoms with Gasteiger partial charge in [-0.3, -0.25) is 5.41 Å². The summed E-state index contributed by atoms with van der Waals surface area (Å²) < 4.78 is 25.9. The highest BCUT2D eigenvalue weighted by molar-refractivity contribution is 7.89. The van der Waals surface area contributed by atoms with Crippen molar-refractivity contribution in [1.82, 2.24) is 4.31 Å². The highest BCUT2D eigenvalue weighted by atomic mass is 32.2. The second-order valence-corrected chi connectivity index (χ2v) is 8.15. The van der Waals surface area contributed by atoms with E-state index in [1.807, 2.05) is 34.6 Å². The van der Waals surface area contributed by atoms with Gasteiger partial charge >= 0.3 is 0 Å². The van der Waals surface area contributed by atoms with Crippen molar-refractivity contribution >= 4 is 15.9 Å². The molecule has 5 nitrogen and oxygen atoms in total. The van der Waals surface area contributed by atoms with Crippen molar-refractivity contribution < 1.29 is 8.42 Å². The molecular weight excluding hydrogens is 250 g/mol. The van der Waals surface area contributed by atoms with Gasteiger partial charge in [-0.15, -0.1) is 0 Å². The molecule has 18 heavy (non-hydrogen) atoms. The van der Waals surface area contributed by atoms with Gasteiger partial charge in [-0.25, -0.2) is 8.42 Å². The molecule has 0 radical (unpaired) electrons. The molecule has 0 saturated heterocycles. The lowest BCUT2D eigenvalue weighted by atomic mass is 9.94. The van der Waals surface area contributed by atoms with Crippen LogP contribution in [0.1, 0.15) is 47.5 Å². The lowest BCUT2D eigenvalue weighted by Gasteiger charge is -2.27. The Bertz CT molecular complexity index is 369. The third-order valence-electron chi connectivity index (χ3n) is 2.64. The summed E-state index contributed by atoms with van der Waals surface area (Å²) in [5.41, 5.74) is 5.29. The summed E-state index contributed by atoms with van der Waals surface area (Å²) in [6.07, 6.45) is 0.908. The Balaban J connectivity index is 4.72. The van der Waals surface area contributed by atoms with Crippen LogP contribution in [0.25, 0.3) is 0 Å². The molecule has 0 aliphatic rings. The first-order valence-electron chi connectivity index (χ1n) is 6.28. The molecule has 0 spiro atoms. The Morgan fingerprint density at radius 1 is 1.33 bits per heavy atom. The molecule has 108 valence electrons. The van der Waals surface area contributed by atoms with Crippen molar-refractivity contribution in [3.05, 3.63) is 0 Å². The van der Waals surface area contributed by atoms with E-state index in [0.717, 1.165) is 0 Å². The predicted molar refractivity (Wildman–Crippen MR) is 76.2 cm³/mol. The predicted octanol–water partition coefficient (Wildman–Crippen LogP) is 1.79. The van der Waals surface area contributed by atoms with Crippen molar-refractivity contribution in [2.24, 2.45) is 11.1 Å². The fraction of sp³-hybridized carbons (Fsp3) is 0.917. The average molecular weight is 277 g/mol. The van der Waals surface area contributed by atoms with E-state index in [1.165, 1.54) is 4.31 Å². The Hall–Kier alpha value is -0.620. The number of amidine groups is 1. The van der Waals surface area contributed by atoms with Gasteiger partial charge in [0.2, 0.25) is 10.0 Å². The maximum absolute atomic E-state index is 12.2. The molecule has 0 fully saturated rings. The molecule has 3 N–H and O–H groups in total. The molecule has 0 saturated carbocycles. The van der Waals surface area contributed by atoms with Crippen LogP contribution in [0, 0.1) is 10.8 Å². The van der Waals surface area contributed by atoms with E-state index in [4.69, 9.17) is 11.1 Å². The smallest absolute Gasteiger partial charge is 0.214 e. The zero-order valence-corrected chi connectivity index (χ0v) is 13.0. The van der Waals surface area contributed by atoms with Gasteiger partial charge in [-0.1, -0.05) is 20.8 Å². The minimum absolute atomic E-state index is 0.00368. The monoisotopic (exact) mass is 277 g/mol. The molecule has 0 amide bonds. The number of nitrogens with two attached hydrogens (primary N) is 1. The van der Waals surface area contributed by atoms with Gasteiger partial charge in [0.25, 0.3) is 0 Å². The third-order valence-corrected chi connectivity index (χ3v) is 4.68. The van der Waals surface area contributed by atoms with E-state index in [9.17, 15) is 8.42 Å². The van der Waals surface area contributed by atoms with Gasteiger partial charge in [0, 0.05) is 19.0 Å². The van der Waals surface area contributed by atoms with Crippen molar-refractivity contribution in [2.45, 2.75) is 53.5 Å². The largest absolute Gasteiger partial charge is 0.388 e. The average Bonchev–Trinajstić information content (AvgIpc) is 2.12. The fourth-order valence-corrected chi connectivity index (χ4v) is 3.62. The Morgan fingerprint density at radius 3 is 2.17 bits per heavy atom. The highest BCUT2D eigenvalue weighted by Gasteiger charge is 2.26. The molecule has 0 rings (SSSR count). The number of sulfonamides is 1. The van der Waals surface area contributed by atoms with Crippen LogP contribution in [0.4, 0.5) is 0 Å². The maximum Gasteiger partial charge on any atom is 0.214 e. The van der Waals surface area contributed by atoms with Gasteiger partial charge in [0.15, 0.2) is 0 Å². The second-order valence-electron chi connectivity index (χ2n) is 6.11. The van der Waals surface area contributed by atoms with Gasteiger partial charge in [0.05, 0.1) is 11.6 Å². The molecule has 0 aliphatic heterocycles. The van der Waals surface area contributed by atoms with Gasteiger partial charge in [-0.2, -0.15) is 4.31 Å². The summed E-state index contributed by atoms with van der Waals surface area (Å²) in [6.45, 7) is 10.1. The Kier molecular flexibility index (Phi) is 6.29. The number of nitrogens with one attached hydrogen (secondary N) is 1. The zero-order valence-electron chi connectivity index (χ0n) is 12.2. The molecule has 0 unspecified atom stereocenters. The first-order chi connectivity index (χ1) is 7.96. The quantitative estimate of drug-likeness (QED) is 0.549. The number of hydrogen-bond donors (Lipinski definition) is 2. The molecule has 0 aromatic carbocycles. The van der Waals surface area contributed by atoms with Crippen LogP contribution >= 0.6 is 0 Å². The second kappa shape index (κ2) is 6.52. The van der Waals surface area contributed by atoms with E-state index in [0.29, 0.717) is 13.0 Å². The van der Waals surface area contributed by atoms with Crippen LogP contribution in [0.15, 0.2) is 0 Å². The van der Waals surface area contributed by atoms with E-state index in [-0.39, 0.29) is 29.5 Å². The molecule has 0 atom stereocenters. The number of rotatable bonds is 7. The molecule has 6 heteroatoms. The van der Waals surface area contributed by atoms with Crippen LogP contribution in [0.3, 0.4) is 0 Å². The Morgan fingerprint density at radius 2 is 1.83 bits per heavy atom. The SMILES string of the molecule is CC(C)N(CCC(=N)N)S(=O)(=O)CCC(C)(C)C. The molecular formula is C12H27N3O2S. The first-order valence-corrected chi connectivity index (χ1v) is 7.89. The molecule has 0 bridgehead atoms. The summed E-state index contributed by atoms with van der Waals surface area (Å²) in [5.74, 6) is 0.165.